The summed E-state index contributed by atoms with van der Waals surface area (Å²) < 4.78 is 7.43. The molecule has 106 valence electrons. The SMILES string of the molecule is COc1ccccc1-c1nccn1Cc1cccc(O)c1. The van der Waals surface area contributed by atoms with Crippen molar-refractivity contribution < 1.29 is 9.84 Å². The summed E-state index contributed by atoms with van der Waals surface area (Å²) in [6, 6.07) is 15.0. The number of benzene rings is 2. The lowest BCUT2D eigenvalue weighted by Crippen LogP contribution is -2.02. The van der Waals surface area contributed by atoms with Crippen molar-refractivity contribution in [3.8, 4) is 22.9 Å². The molecule has 1 N–H and O–H groups in total. The van der Waals surface area contributed by atoms with Crippen molar-refractivity contribution in [3.05, 3.63) is 66.5 Å². The standard InChI is InChI=1S/C17H16N2O2/c1-21-16-8-3-2-7-15(16)17-18-9-10-19(17)12-13-5-4-6-14(20)11-13/h2-11,20H,12H2,1H3. The number of para-hydroxylation sites is 1. The van der Waals surface area contributed by atoms with Crippen LogP contribution in [0.4, 0.5) is 0 Å². The number of ether oxygens (including phenoxy) is 1. The minimum absolute atomic E-state index is 0.270. The van der Waals surface area contributed by atoms with Crippen LogP contribution in [0.1, 0.15) is 5.56 Å². The van der Waals surface area contributed by atoms with Crippen molar-refractivity contribution in [1.82, 2.24) is 9.55 Å². The first-order valence-electron chi connectivity index (χ1n) is 6.70. The fraction of sp³-hybridized carbons (Fsp3) is 0.118. The van der Waals surface area contributed by atoms with Gasteiger partial charge in [0, 0.05) is 18.9 Å². The Balaban J connectivity index is 1.98. The normalized spacial score (nSPS) is 10.5. The molecule has 3 rings (SSSR count). The largest absolute Gasteiger partial charge is 0.508 e. The van der Waals surface area contributed by atoms with E-state index in [-0.39, 0.29) is 5.75 Å². The van der Waals surface area contributed by atoms with Gasteiger partial charge in [-0.2, -0.15) is 0 Å². The van der Waals surface area contributed by atoms with Crippen LogP contribution in [0.15, 0.2) is 60.9 Å². The first-order chi connectivity index (χ1) is 10.3. The molecule has 0 spiro atoms. The molecule has 0 atom stereocenters. The molecule has 3 aromatic rings. The summed E-state index contributed by atoms with van der Waals surface area (Å²) in [6.07, 6.45) is 3.69. The third-order valence-corrected chi connectivity index (χ3v) is 3.33. The van der Waals surface area contributed by atoms with Crippen LogP contribution in [-0.2, 0) is 6.54 Å². The third-order valence-electron chi connectivity index (χ3n) is 3.33. The summed E-state index contributed by atoms with van der Waals surface area (Å²) in [4.78, 5) is 4.43. The van der Waals surface area contributed by atoms with Crippen LogP contribution in [0.3, 0.4) is 0 Å². The van der Waals surface area contributed by atoms with E-state index in [1.165, 1.54) is 0 Å². The molecule has 0 fully saturated rings. The van der Waals surface area contributed by atoms with E-state index in [0.717, 1.165) is 22.7 Å². The first kappa shape index (κ1) is 13.2. The van der Waals surface area contributed by atoms with Crippen LogP contribution in [-0.4, -0.2) is 21.8 Å². The maximum atomic E-state index is 9.57. The first-order valence-corrected chi connectivity index (χ1v) is 6.70. The number of hydrogen-bond donors (Lipinski definition) is 1. The molecule has 21 heavy (non-hydrogen) atoms. The highest BCUT2D eigenvalue weighted by Gasteiger charge is 2.11. The minimum Gasteiger partial charge on any atom is -0.508 e. The second-order valence-corrected chi connectivity index (χ2v) is 4.75. The van der Waals surface area contributed by atoms with Gasteiger partial charge in [-0.3, -0.25) is 0 Å². The molecule has 0 aliphatic heterocycles. The van der Waals surface area contributed by atoms with E-state index in [9.17, 15) is 5.11 Å². The summed E-state index contributed by atoms with van der Waals surface area (Å²) in [5.41, 5.74) is 1.97. The van der Waals surface area contributed by atoms with E-state index in [2.05, 4.69) is 4.98 Å². The van der Waals surface area contributed by atoms with E-state index in [1.54, 1.807) is 25.4 Å². The lowest BCUT2D eigenvalue weighted by atomic mass is 10.1. The molecule has 0 bridgehead atoms. The lowest BCUT2D eigenvalue weighted by Gasteiger charge is -2.11. The fourth-order valence-electron chi connectivity index (χ4n) is 2.36. The fourth-order valence-corrected chi connectivity index (χ4v) is 2.36. The third kappa shape index (κ3) is 2.74. The predicted molar refractivity (Wildman–Crippen MR) is 81.4 cm³/mol. The number of nitrogens with zero attached hydrogens (tertiary/aromatic N) is 2. The van der Waals surface area contributed by atoms with E-state index in [4.69, 9.17) is 4.74 Å². The summed E-state index contributed by atoms with van der Waals surface area (Å²) in [5, 5.41) is 9.57. The average molecular weight is 280 g/mol. The van der Waals surface area contributed by atoms with Crippen LogP contribution in [0.5, 0.6) is 11.5 Å². The average Bonchev–Trinajstić information content (AvgIpc) is 2.95. The minimum atomic E-state index is 0.270. The monoisotopic (exact) mass is 280 g/mol. The Morgan fingerprint density at radius 1 is 1.14 bits per heavy atom. The molecule has 0 aliphatic rings. The highest BCUT2D eigenvalue weighted by Crippen LogP contribution is 2.28. The van der Waals surface area contributed by atoms with Gasteiger partial charge in [-0.05, 0) is 29.8 Å². The zero-order chi connectivity index (χ0) is 14.7. The summed E-state index contributed by atoms with van der Waals surface area (Å²) in [7, 11) is 1.65. The lowest BCUT2D eigenvalue weighted by molar-refractivity contribution is 0.416. The Labute approximate surface area is 123 Å². The van der Waals surface area contributed by atoms with Gasteiger partial charge in [0.25, 0.3) is 0 Å². The number of methoxy groups -OCH3 is 1. The Bertz CT molecular complexity index is 750. The van der Waals surface area contributed by atoms with E-state index in [0.29, 0.717) is 6.54 Å². The number of aromatic nitrogens is 2. The highest BCUT2D eigenvalue weighted by atomic mass is 16.5. The van der Waals surface area contributed by atoms with Gasteiger partial charge >= 0.3 is 0 Å². The molecule has 0 aliphatic carbocycles. The molecule has 0 radical (unpaired) electrons. The number of phenols is 1. The Morgan fingerprint density at radius 3 is 2.81 bits per heavy atom. The number of aromatic hydroxyl groups is 1. The molecule has 1 heterocycles. The smallest absolute Gasteiger partial charge is 0.143 e. The predicted octanol–water partition coefficient (Wildman–Crippen LogP) is 3.31. The molecule has 0 amide bonds. The van der Waals surface area contributed by atoms with Crippen molar-refractivity contribution in [1.29, 1.82) is 0 Å². The van der Waals surface area contributed by atoms with E-state index >= 15 is 0 Å². The van der Waals surface area contributed by atoms with Gasteiger partial charge in [0.1, 0.15) is 17.3 Å². The summed E-state index contributed by atoms with van der Waals surface area (Å²) >= 11 is 0. The number of rotatable bonds is 4. The summed E-state index contributed by atoms with van der Waals surface area (Å²) in [5.74, 6) is 1.91. The van der Waals surface area contributed by atoms with Crippen LogP contribution in [0, 0.1) is 0 Å². The molecule has 4 heteroatoms. The second-order valence-electron chi connectivity index (χ2n) is 4.75. The maximum Gasteiger partial charge on any atom is 0.143 e. The van der Waals surface area contributed by atoms with Gasteiger partial charge < -0.3 is 14.4 Å². The van der Waals surface area contributed by atoms with Crippen LogP contribution in [0.25, 0.3) is 11.4 Å². The van der Waals surface area contributed by atoms with Gasteiger partial charge in [0.2, 0.25) is 0 Å². The van der Waals surface area contributed by atoms with Gasteiger partial charge in [-0.25, -0.2) is 4.98 Å². The van der Waals surface area contributed by atoms with E-state index < -0.39 is 0 Å². The maximum absolute atomic E-state index is 9.57. The van der Waals surface area contributed by atoms with Gasteiger partial charge in [-0.1, -0.05) is 24.3 Å². The number of phenolic OH excluding ortho intramolecular Hbond substituents is 1. The van der Waals surface area contributed by atoms with Crippen molar-refractivity contribution in [2.24, 2.45) is 0 Å². The quantitative estimate of drug-likeness (QED) is 0.797. The zero-order valence-electron chi connectivity index (χ0n) is 11.7. The molecular formula is C17H16N2O2. The van der Waals surface area contributed by atoms with Gasteiger partial charge in [0.05, 0.1) is 12.7 Å². The van der Waals surface area contributed by atoms with Crippen LogP contribution < -0.4 is 4.74 Å². The zero-order valence-corrected chi connectivity index (χ0v) is 11.7. The molecule has 4 nitrogen and oxygen atoms in total. The molecule has 0 saturated carbocycles. The molecule has 0 saturated heterocycles. The van der Waals surface area contributed by atoms with Gasteiger partial charge in [0.15, 0.2) is 0 Å². The summed E-state index contributed by atoms with van der Waals surface area (Å²) in [6.45, 7) is 0.641. The van der Waals surface area contributed by atoms with Crippen molar-refractivity contribution in [2.75, 3.05) is 7.11 Å². The molecule has 1 aromatic heterocycles. The van der Waals surface area contributed by atoms with Crippen molar-refractivity contribution >= 4 is 0 Å². The van der Waals surface area contributed by atoms with Crippen LogP contribution in [0.2, 0.25) is 0 Å². The molecule has 2 aromatic carbocycles. The van der Waals surface area contributed by atoms with Crippen LogP contribution >= 0.6 is 0 Å². The van der Waals surface area contributed by atoms with Crippen molar-refractivity contribution in [2.45, 2.75) is 6.54 Å². The molecular weight excluding hydrogens is 264 g/mol. The van der Waals surface area contributed by atoms with Gasteiger partial charge in [-0.15, -0.1) is 0 Å². The Kier molecular flexibility index (Phi) is 3.60. The number of hydrogen-bond acceptors (Lipinski definition) is 3. The number of imidazole rings is 1. The Hall–Kier alpha value is -2.75. The topological polar surface area (TPSA) is 47.3 Å². The Morgan fingerprint density at radius 2 is 2.00 bits per heavy atom. The van der Waals surface area contributed by atoms with E-state index in [1.807, 2.05) is 47.2 Å². The highest BCUT2D eigenvalue weighted by molar-refractivity contribution is 5.64. The molecule has 0 unspecified atom stereocenters. The van der Waals surface area contributed by atoms with Crippen molar-refractivity contribution in [3.63, 3.8) is 0 Å². The second kappa shape index (κ2) is 5.71.